The quantitative estimate of drug-likeness (QED) is 0.910. The molecule has 116 valence electrons. The molecule has 0 aromatic carbocycles. The van der Waals surface area contributed by atoms with Crippen LogP contribution in [-0.4, -0.2) is 19.9 Å². The molecule has 0 aliphatic heterocycles. The lowest BCUT2D eigenvalue weighted by Gasteiger charge is -2.56. The monoisotopic (exact) mass is 346 g/mol. The molecule has 4 aliphatic carbocycles. The zero-order chi connectivity index (χ0) is 14.7. The van der Waals surface area contributed by atoms with Crippen LogP contribution in [0.1, 0.15) is 38.5 Å². The lowest BCUT2D eigenvalue weighted by Crippen LogP contribution is -2.51. The fraction of sp³-hybridized carbons (Fsp3) is 0.786. The van der Waals surface area contributed by atoms with Gasteiger partial charge in [-0.1, -0.05) is 22.9 Å². The van der Waals surface area contributed by atoms with E-state index in [9.17, 15) is 8.42 Å². The molecule has 1 aromatic heterocycles. The van der Waals surface area contributed by atoms with Gasteiger partial charge in [-0.25, -0.2) is 18.1 Å². The molecule has 4 aliphatic rings. The van der Waals surface area contributed by atoms with Crippen LogP contribution in [0.15, 0.2) is 10.4 Å². The molecule has 4 saturated carbocycles. The zero-order valence-electron chi connectivity index (χ0n) is 11.7. The van der Waals surface area contributed by atoms with Crippen LogP contribution in [0.25, 0.3) is 0 Å². The van der Waals surface area contributed by atoms with Crippen LogP contribution in [0.2, 0.25) is 4.47 Å². The summed E-state index contributed by atoms with van der Waals surface area (Å²) >= 11 is 6.75. The standard InChI is InChI=1S/C14H19ClN2O2S2/c15-13-16-7-12(20-13)21(18,19)17-8-14-4-9-1-10(5-14)3-11(2-9)6-14/h7,9-11,17H,1-6,8H2. The number of rotatable bonds is 4. The predicted octanol–water partition coefficient (Wildman–Crippen LogP) is 3.29. The third-order valence-electron chi connectivity index (χ3n) is 5.52. The average Bonchev–Trinajstić information content (AvgIpc) is 2.83. The zero-order valence-corrected chi connectivity index (χ0v) is 14.1. The highest BCUT2D eigenvalue weighted by Crippen LogP contribution is 2.59. The number of sulfonamides is 1. The summed E-state index contributed by atoms with van der Waals surface area (Å²) in [6, 6.07) is 0. The van der Waals surface area contributed by atoms with Gasteiger partial charge in [-0.3, -0.25) is 0 Å². The minimum Gasteiger partial charge on any atom is -0.232 e. The number of nitrogens with zero attached hydrogens (tertiary/aromatic N) is 1. The van der Waals surface area contributed by atoms with Crippen LogP contribution in [0.5, 0.6) is 0 Å². The summed E-state index contributed by atoms with van der Waals surface area (Å²) in [5, 5.41) is 0. The average molecular weight is 347 g/mol. The molecular weight excluding hydrogens is 328 g/mol. The van der Waals surface area contributed by atoms with Crippen LogP contribution < -0.4 is 4.72 Å². The second kappa shape index (κ2) is 4.91. The van der Waals surface area contributed by atoms with Gasteiger partial charge in [0.1, 0.15) is 0 Å². The van der Waals surface area contributed by atoms with Gasteiger partial charge in [0.05, 0.1) is 6.20 Å². The van der Waals surface area contributed by atoms with E-state index in [1.54, 1.807) is 0 Å². The van der Waals surface area contributed by atoms with E-state index in [1.165, 1.54) is 44.7 Å². The first-order chi connectivity index (χ1) is 9.94. The Labute approximate surface area is 134 Å². The summed E-state index contributed by atoms with van der Waals surface area (Å²) in [4.78, 5) is 3.82. The van der Waals surface area contributed by atoms with E-state index in [-0.39, 0.29) is 14.1 Å². The molecule has 21 heavy (non-hydrogen) atoms. The van der Waals surface area contributed by atoms with E-state index >= 15 is 0 Å². The third kappa shape index (κ3) is 2.64. The Morgan fingerprint density at radius 1 is 1.24 bits per heavy atom. The van der Waals surface area contributed by atoms with Gasteiger partial charge in [-0.2, -0.15) is 0 Å². The van der Waals surface area contributed by atoms with E-state index < -0.39 is 10.0 Å². The number of nitrogens with one attached hydrogen (secondary N) is 1. The van der Waals surface area contributed by atoms with Crippen molar-refractivity contribution in [2.45, 2.75) is 42.7 Å². The number of aromatic nitrogens is 1. The van der Waals surface area contributed by atoms with Crippen molar-refractivity contribution in [3.05, 3.63) is 10.7 Å². The summed E-state index contributed by atoms with van der Waals surface area (Å²) in [6.45, 7) is 0.578. The SMILES string of the molecule is O=S(=O)(NCC12CC3CC(CC(C3)C1)C2)c1cnc(Cl)s1. The molecule has 0 radical (unpaired) electrons. The predicted molar refractivity (Wildman–Crippen MR) is 82.9 cm³/mol. The summed E-state index contributed by atoms with van der Waals surface area (Å²) in [7, 11) is -3.46. The minimum absolute atomic E-state index is 0.205. The van der Waals surface area contributed by atoms with Crippen molar-refractivity contribution in [2.24, 2.45) is 23.2 Å². The molecule has 0 atom stereocenters. The van der Waals surface area contributed by atoms with Crippen LogP contribution in [0, 0.1) is 23.2 Å². The van der Waals surface area contributed by atoms with Crippen molar-refractivity contribution in [3.8, 4) is 0 Å². The summed E-state index contributed by atoms with van der Waals surface area (Å²) in [6.07, 6.45) is 9.05. The maximum atomic E-state index is 12.3. The van der Waals surface area contributed by atoms with Gasteiger partial charge in [0.15, 0.2) is 8.68 Å². The smallest absolute Gasteiger partial charge is 0.232 e. The Hall–Kier alpha value is -0.170. The van der Waals surface area contributed by atoms with Gasteiger partial charge >= 0.3 is 0 Å². The first-order valence-electron chi connectivity index (χ1n) is 7.55. The van der Waals surface area contributed by atoms with Crippen molar-refractivity contribution in [1.29, 1.82) is 0 Å². The van der Waals surface area contributed by atoms with Crippen LogP contribution in [-0.2, 0) is 10.0 Å². The van der Waals surface area contributed by atoms with Gasteiger partial charge < -0.3 is 0 Å². The second-order valence-electron chi connectivity index (χ2n) is 7.17. The summed E-state index contributed by atoms with van der Waals surface area (Å²) in [5.41, 5.74) is 0.205. The van der Waals surface area contributed by atoms with Crippen molar-refractivity contribution >= 4 is 33.0 Å². The number of thiazole rings is 1. The van der Waals surface area contributed by atoms with Crippen molar-refractivity contribution < 1.29 is 8.42 Å². The molecule has 1 N–H and O–H groups in total. The summed E-state index contributed by atoms with van der Waals surface area (Å²) < 4.78 is 28.0. The Balaban J connectivity index is 1.49. The lowest BCUT2D eigenvalue weighted by atomic mass is 9.50. The van der Waals surface area contributed by atoms with E-state index in [1.807, 2.05) is 0 Å². The number of halogens is 1. The maximum Gasteiger partial charge on any atom is 0.251 e. The van der Waals surface area contributed by atoms with E-state index in [0.717, 1.165) is 29.1 Å². The van der Waals surface area contributed by atoms with Crippen molar-refractivity contribution in [2.75, 3.05) is 6.54 Å². The molecule has 4 nitrogen and oxygen atoms in total. The van der Waals surface area contributed by atoms with Gasteiger partial charge in [-0.15, -0.1) is 0 Å². The Morgan fingerprint density at radius 2 is 1.81 bits per heavy atom. The lowest BCUT2D eigenvalue weighted by molar-refractivity contribution is -0.0487. The normalized spacial score (nSPS) is 38.0. The Morgan fingerprint density at radius 3 is 2.29 bits per heavy atom. The minimum atomic E-state index is -3.46. The van der Waals surface area contributed by atoms with Gasteiger partial charge in [0, 0.05) is 6.54 Å². The van der Waals surface area contributed by atoms with Crippen molar-refractivity contribution in [3.63, 3.8) is 0 Å². The number of hydrogen-bond acceptors (Lipinski definition) is 4. The molecule has 4 fully saturated rings. The molecular formula is C14H19ClN2O2S2. The number of hydrogen-bond donors (Lipinski definition) is 1. The van der Waals surface area contributed by atoms with Gasteiger partial charge in [0.2, 0.25) is 0 Å². The molecule has 1 heterocycles. The van der Waals surface area contributed by atoms with Crippen LogP contribution >= 0.6 is 22.9 Å². The first-order valence-corrected chi connectivity index (χ1v) is 10.2. The molecule has 0 amide bonds. The van der Waals surface area contributed by atoms with E-state index in [0.29, 0.717) is 6.54 Å². The molecule has 0 saturated heterocycles. The van der Waals surface area contributed by atoms with Crippen LogP contribution in [0.4, 0.5) is 0 Å². The second-order valence-corrected chi connectivity index (χ2v) is 10.8. The first kappa shape index (κ1) is 14.4. The maximum absolute atomic E-state index is 12.3. The highest BCUT2D eigenvalue weighted by molar-refractivity contribution is 7.91. The van der Waals surface area contributed by atoms with E-state index in [4.69, 9.17) is 11.6 Å². The molecule has 1 aromatic rings. The molecule has 7 heteroatoms. The Kier molecular flexibility index (Phi) is 3.37. The molecule has 4 bridgehead atoms. The molecule has 5 rings (SSSR count). The Bertz CT molecular complexity index is 620. The van der Waals surface area contributed by atoms with E-state index in [2.05, 4.69) is 9.71 Å². The van der Waals surface area contributed by atoms with Crippen LogP contribution in [0.3, 0.4) is 0 Å². The molecule has 0 unspecified atom stereocenters. The van der Waals surface area contributed by atoms with Gasteiger partial charge in [-0.05, 0) is 61.7 Å². The highest BCUT2D eigenvalue weighted by Gasteiger charge is 2.50. The fourth-order valence-corrected chi connectivity index (χ4v) is 7.68. The highest BCUT2D eigenvalue weighted by atomic mass is 35.5. The molecule has 0 spiro atoms. The topological polar surface area (TPSA) is 59.1 Å². The largest absolute Gasteiger partial charge is 0.251 e. The van der Waals surface area contributed by atoms with Gasteiger partial charge in [0.25, 0.3) is 10.0 Å². The third-order valence-corrected chi connectivity index (χ3v) is 8.50. The summed E-state index contributed by atoms with van der Waals surface area (Å²) in [5.74, 6) is 2.50. The van der Waals surface area contributed by atoms with Crippen molar-refractivity contribution in [1.82, 2.24) is 9.71 Å². The fourth-order valence-electron chi connectivity index (χ4n) is 5.19.